The van der Waals surface area contributed by atoms with Crippen LogP contribution >= 0.6 is 23.4 Å². The monoisotopic (exact) mass is 411 g/mol. The Morgan fingerprint density at radius 3 is 2.14 bits per heavy atom. The molecule has 0 radical (unpaired) electrons. The number of carbonyl (C=O) groups is 1. The lowest BCUT2D eigenvalue weighted by molar-refractivity contribution is -0.115. The molecule has 28 heavy (non-hydrogen) atoms. The molecule has 0 spiro atoms. The zero-order chi connectivity index (χ0) is 19.9. The topological polar surface area (TPSA) is 38.3 Å². The highest BCUT2D eigenvalue weighted by atomic mass is 35.5. The van der Waals surface area contributed by atoms with Crippen molar-refractivity contribution in [3.05, 3.63) is 95.0 Å². The lowest BCUT2D eigenvalue weighted by Gasteiger charge is -2.22. The number of amides is 1. The molecule has 1 amide bonds. The summed E-state index contributed by atoms with van der Waals surface area (Å²) in [6, 6.07) is 25.3. The number of hydrogen-bond acceptors (Lipinski definition) is 3. The van der Waals surface area contributed by atoms with E-state index in [4.69, 9.17) is 16.3 Å². The molecule has 1 N–H and O–H groups in total. The smallest absolute Gasteiger partial charge is 0.237 e. The molecule has 0 saturated heterocycles. The van der Waals surface area contributed by atoms with E-state index in [0.717, 1.165) is 22.6 Å². The fraction of sp³-hybridized carbons (Fsp3) is 0.174. The van der Waals surface area contributed by atoms with Crippen LogP contribution in [0, 0.1) is 0 Å². The minimum absolute atomic E-state index is 0.0370. The Balaban J connectivity index is 1.75. The van der Waals surface area contributed by atoms with Crippen molar-refractivity contribution in [3.63, 3.8) is 0 Å². The first-order valence-electron chi connectivity index (χ1n) is 8.97. The second-order valence-corrected chi connectivity index (χ2v) is 8.23. The normalized spacial score (nSPS) is 12.8. The van der Waals surface area contributed by atoms with E-state index in [1.807, 2.05) is 73.7 Å². The van der Waals surface area contributed by atoms with Gasteiger partial charge in [0.15, 0.2) is 0 Å². The van der Waals surface area contributed by atoms with Gasteiger partial charge in [-0.2, -0.15) is 0 Å². The Hall–Kier alpha value is -2.43. The minimum Gasteiger partial charge on any atom is -0.497 e. The minimum atomic E-state index is -0.247. The predicted octanol–water partition coefficient (Wildman–Crippen LogP) is 6.20. The predicted molar refractivity (Wildman–Crippen MR) is 118 cm³/mol. The summed E-state index contributed by atoms with van der Waals surface area (Å²) in [5, 5.41) is 3.46. The van der Waals surface area contributed by atoms with E-state index in [1.54, 1.807) is 18.9 Å². The highest BCUT2D eigenvalue weighted by molar-refractivity contribution is 8.01. The van der Waals surface area contributed by atoms with Crippen LogP contribution in [-0.2, 0) is 4.79 Å². The number of carbonyl (C=O) groups excluding carboxylic acids is 1. The van der Waals surface area contributed by atoms with Gasteiger partial charge < -0.3 is 10.1 Å². The molecule has 3 rings (SSSR count). The van der Waals surface area contributed by atoms with E-state index in [1.165, 1.54) is 0 Å². The zero-order valence-electron chi connectivity index (χ0n) is 15.8. The third-order valence-electron chi connectivity index (χ3n) is 4.34. The third kappa shape index (κ3) is 5.31. The Labute approximate surface area is 175 Å². The summed E-state index contributed by atoms with van der Waals surface area (Å²) in [7, 11) is 1.62. The van der Waals surface area contributed by atoms with E-state index in [-0.39, 0.29) is 16.4 Å². The van der Waals surface area contributed by atoms with Gasteiger partial charge in [-0.3, -0.25) is 4.79 Å². The van der Waals surface area contributed by atoms with Crippen molar-refractivity contribution in [2.75, 3.05) is 12.4 Å². The molecule has 0 aromatic heterocycles. The SMILES string of the molecule is COc1ccc(NC(=O)[C@@H](C)S[C@H](c2ccccc2)c2ccc(Cl)cc2)cc1. The highest BCUT2D eigenvalue weighted by Gasteiger charge is 2.22. The van der Waals surface area contributed by atoms with Crippen LogP contribution in [0.4, 0.5) is 5.69 Å². The van der Waals surface area contributed by atoms with Gasteiger partial charge in [-0.1, -0.05) is 54.1 Å². The first-order chi connectivity index (χ1) is 13.6. The molecule has 3 nitrogen and oxygen atoms in total. The molecule has 5 heteroatoms. The van der Waals surface area contributed by atoms with Gasteiger partial charge in [0.1, 0.15) is 5.75 Å². The number of ether oxygens (including phenoxy) is 1. The van der Waals surface area contributed by atoms with Crippen LogP contribution in [0.2, 0.25) is 5.02 Å². The highest BCUT2D eigenvalue weighted by Crippen LogP contribution is 2.38. The standard InChI is InChI=1S/C23H22ClNO2S/c1-16(23(26)25-20-12-14-21(27-2)15-13-20)28-22(17-6-4-3-5-7-17)18-8-10-19(24)11-9-18/h3-16,22H,1-2H3,(H,25,26)/t16-,22-/m1/s1. The number of thioether (sulfide) groups is 1. The average molecular weight is 412 g/mol. The molecule has 0 aliphatic rings. The van der Waals surface area contributed by atoms with Crippen molar-refractivity contribution in [2.24, 2.45) is 0 Å². The lowest BCUT2D eigenvalue weighted by atomic mass is 10.0. The lowest BCUT2D eigenvalue weighted by Crippen LogP contribution is -2.23. The number of halogens is 1. The van der Waals surface area contributed by atoms with Gasteiger partial charge in [0.2, 0.25) is 5.91 Å². The maximum absolute atomic E-state index is 12.7. The van der Waals surface area contributed by atoms with Crippen LogP contribution in [0.5, 0.6) is 5.75 Å². The van der Waals surface area contributed by atoms with Crippen molar-refractivity contribution >= 4 is 35.0 Å². The van der Waals surface area contributed by atoms with E-state index >= 15 is 0 Å². The molecule has 0 heterocycles. The van der Waals surface area contributed by atoms with Gasteiger partial charge in [-0.15, -0.1) is 11.8 Å². The largest absolute Gasteiger partial charge is 0.497 e. The third-order valence-corrected chi connectivity index (χ3v) is 6.03. The van der Waals surface area contributed by atoms with Crippen LogP contribution in [0.15, 0.2) is 78.9 Å². The molecule has 0 unspecified atom stereocenters. The Bertz CT molecular complexity index is 898. The van der Waals surface area contributed by atoms with E-state index in [2.05, 4.69) is 17.4 Å². The summed E-state index contributed by atoms with van der Waals surface area (Å²) in [5.41, 5.74) is 3.02. The second kappa shape index (κ2) is 9.67. The van der Waals surface area contributed by atoms with Crippen molar-refractivity contribution < 1.29 is 9.53 Å². The summed E-state index contributed by atoms with van der Waals surface area (Å²) < 4.78 is 5.15. The molecule has 2 atom stereocenters. The number of nitrogens with one attached hydrogen (secondary N) is 1. The van der Waals surface area contributed by atoms with E-state index in [9.17, 15) is 4.79 Å². The average Bonchev–Trinajstić information content (AvgIpc) is 2.73. The van der Waals surface area contributed by atoms with Crippen molar-refractivity contribution in [1.29, 1.82) is 0 Å². The molecule has 0 saturated carbocycles. The van der Waals surface area contributed by atoms with E-state index in [0.29, 0.717) is 5.02 Å². The molecular formula is C23H22ClNO2S. The quantitative estimate of drug-likeness (QED) is 0.503. The molecule has 3 aromatic carbocycles. The summed E-state index contributed by atoms with van der Waals surface area (Å²) >= 11 is 7.66. The molecule has 0 fully saturated rings. The fourth-order valence-electron chi connectivity index (χ4n) is 2.80. The van der Waals surface area contributed by atoms with Crippen molar-refractivity contribution in [1.82, 2.24) is 0 Å². The molecule has 3 aromatic rings. The van der Waals surface area contributed by atoms with Crippen LogP contribution in [-0.4, -0.2) is 18.3 Å². The second-order valence-electron chi connectivity index (χ2n) is 6.34. The summed E-state index contributed by atoms with van der Waals surface area (Å²) in [6.07, 6.45) is 0. The fourth-order valence-corrected chi connectivity index (χ4v) is 4.14. The Morgan fingerprint density at radius 1 is 0.929 bits per heavy atom. The van der Waals surface area contributed by atoms with Gasteiger partial charge >= 0.3 is 0 Å². The van der Waals surface area contributed by atoms with Crippen LogP contribution in [0.1, 0.15) is 23.3 Å². The first-order valence-corrected chi connectivity index (χ1v) is 10.3. The molecule has 0 aliphatic heterocycles. The molecule has 144 valence electrons. The molecule has 0 bridgehead atoms. The van der Waals surface area contributed by atoms with Crippen molar-refractivity contribution in [2.45, 2.75) is 17.4 Å². The van der Waals surface area contributed by atoms with Crippen LogP contribution in [0.25, 0.3) is 0 Å². The summed E-state index contributed by atoms with van der Waals surface area (Å²) in [5.74, 6) is 0.720. The summed E-state index contributed by atoms with van der Waals surface area (Å²) in [4.78, 5) is 12.7. The van der Waals surface area contributed by atoms with Gasteiger partial charge in [-0.05, 0) is 54.4 Å². The maximum Gasteiger partial charge on any atom is 0.237 e. The first kappa shape index (κ1) is 20.3. The molecule has 0 aliphatic carbocycles. The number of benzene rings is 3. The number of anilines is 1. The maximum atomic E-state index is 12.7. The number of methoxy groups -OCH3 is 1. The van der Waals surface area contributed by atoms with Crippen LogP contribution in [0.3, 0.4) is 0 Å². The van der Waals surface area contributed by atoms with Crippen LogP contribution < -0.4 is 10.1 Å². The van der Waals surface area contributed by atoms with Gasteiger partial charge in [0.05, 0.1) is 17.6 Å². The van der Waals surface area contributed by atoms with E-state index < -0.39 is 0 Å². The van der Waals surface area contributed by atoms with Crippen molar-refractivity contribution in [3.8, 4) is 5.75 Å². The summed E-state index contributed by atoms with van der Waals surface area (Å²) in [6.45, 7) is 1.93. The Kier molecular flexibility index (Phi) is 7.01. The Morgan fingerprint density at radius 2 is 1.54 bits per heavy atom. The van der Waals surface area contributed by atoms with Gasteiger partial charge in [0, 0.05) is 10.7 Å². The molecular weight excluding hydrogens is 390 g/mol. The van der Waals surface area contributed by atoms with Gasteiger partial charge in [0.25, 0.3) is 0 Å². The number of rotatable bonds is 7. The zero-order valence-corrected chi connectivity index (χ0v) is 17.3. The number of hydrogen-bond donors (Lipinski definition) is 1. The van der Waals surface area contributed by atoms with Gasteiger partial charge in [-0.25, -0.2) is 0 Å².